The first-order chi connectivity index (χ1) is 10.3. The van der Waals surface area contributed by atoms with Crippen molar-refractivity contribution in [3.05, 3.63) is 30.6 Å². The molecule has 5 nitrogen and oxygen atoms in total. The second kappa shape index (κ2) is 8.97. The van der Waals surface area contributed by atoms with Crippen LogP contribution in [0.5, 0.6) is 0 Å². The van der Waals surface area contributed by atoms with E-state index in [0.717, 1.165) is 32.5 Å². The normalized spacial score (nSPS) is 23.3. The summed E-state index contributed by atoms with van der Waals surface area (Å²) in [6.07, 6.45) is 9.98. The van der Waals surface area contributed by atoms with Crippen LogP contribution in [-0.2, 0) is 11.3 Å². The maximum Gasteiger partial charge on any atom is 0.0897 e. The van der Waals surface area contributed by atoms with Crippen LogP contribution < -0.4 is 5.32 Å². The molecule has 0 spiro atoms. The highest BCUT2D eigenvalue weighted by Crippen LogP contribution is 2.24. The van der Waals surface area contributed by atoms with Gasteiger partial charge in [-0.25, -0.2) is 0 Å². The van der Waals surface area contributed by atoms with Gasteiger partial charge in [0.25, 0.3) is 0 Å². The van der Waals surface area contributed by atoms with Crippen molar-refractivity contribution in [1.29, 1.82) is 0 Å². The molecule has 5 heteroatoms. The molecule has 3 unspecified atom stereocenters. The lowest BCUT2D eigenvalue weighted by Crippen LogP contribution is -2.33. The number of rotatable bonds is 9. The third-order valence-corrected chi connectivity index (χ3v) is 4.02. The summed E-state index contributed by atoms with van der Waals surface area (Å²) in [7, 11) is 0. The van der Waals surface area contributed by atoms with Crippen LogP contribution in [0.1, 0.15) is 19.8 Å². The topological polar surface area (TPSA) is 59.3 Å². The zero-order valence-corrected chi connectivity index (χ0v) is 12.8. The summed E-state index contributed by atoms with van der Waals surface area (Å²) >= 11 is 0. The van der Waals surface area contributed by atoms with E-state index in [1.165, 1.54) is 0 Å². The van der Waals surface area contributed by atoms with Crippen LogP contribution in [0.4, 0.5) is 0 Å². The molecule has 1 aromatic rings. The number of hydrogen-bond acceptors (Lipinski definition) is 4. The lowest BCUT2D eigenvalue weighted by Gasteiger charge is -2.25. The Labute approximate surface area is 127 Å². The van der Waals surface area contributed by atoms with E-state index in [2.05, 4.69) is 29.5 Å². The quantitative estimate of drug-likeness (QED) is 0.534. The number of allylic oxidation sites excluding steroid dienone is 2. The van der Waals surface area contributed by atoms with Gasteiger partial charge >= 0.3 is 0 Å². The number of nitrogens with one attached hydrogen (secondary N) is 1. The molecule has 0 aliphatic heterocycles. The average molecular weight is 293 g/mol. The second-order valence-electron chi connectivity index (χ2n) is 5.84. The average Bonchev–Trinajstić information content (AvgIpc) is 2.99. The predicted octanol–water partition coefficient (Wildman–Crippen LogP) is 1.45. The Morgan fingerprint density at radius 3 is 3.05 bits per heavy atom. The van der Waals surface area contributed by atoms with E-state index < -0.39 is 6.10 Å². The first-order valence-electron chi connectivity index (χ1n) is 7.84. The van der Waals surface area contributed by atoms with Gasteiger partial charge in [0.2, 0.25) is 0 Å². The van der Waals surface area contributed by atoms with Crippen LogP contribution in [0.3, 0.4) is 0 Å². The maximum atomic E-state index is 9.88. The minimum Gasteiger partial charge on any atom is -0.389 e. The molecule has 1 aromatic heterocycles. The zero-order valence-electron chi connectivity index (χ0n) is 12.8. The van der Waals surface area contributed by atoms with Crippen molar-refractivity contribution < 1.29 is 9.84 Å². The van der Waals surface area contributed by atoms with Gasteiger partial charge in [-0.1, -0.05) is 19.1 Å². The summed E-state index contributed by atoms with van der Waals surface area (Å²) < 4.78 is 7.54. The number of aliphatic hydroxyl groups is 1. The van der Waals surface area contributed by atoms with Gasteiger partial charge in [0, 0.05) is 25.5 Å². The minimum atomic E-state index is -0.447. The second-order valence-corrected chi connectivity index (χ2v) is 5.84. The highest BCUT2D eigenvalue weighted by atomic mass is 16.5. The molecule has 0 saturated heterocycles. The number of aliphatic hydroxyl groups excluding tert-OH is 1. The summed E-state index contributed by atoms with van der Waals surface area (Å²) in [5, 5.41) is 17.2. The van der Waals surface area contributed by atoms with Crippen LogP contribution >= 0.6 is 0 Å². The van der Waals surface area contributed by atoms with Gasteiger partial charge in [0.05, 0.1) is 25.9 Å². The molecule has 1 aliphatic rings. The number of ether oxygens (including phenoxy) is 1. The monoisotopic (exact) mass is 293 g/mol. The Kier molecular flexibility index (Phi) is 6.92. The lowest BCUT2D eigenvalue weighted by molar-refractivity contribution is 0.0128. The third kappa shape index (κ3) is 5.99. The van der Waals surface area contributed by atoms with Crippen LogP contribution in [-0.4, -0.2) is 47.3 Å². The van der Waals surface area contributed by atoms with Crippen molar-refractivity contribution in [2.45, 2.75) is 32.4 Å². The molecule has 2 rings (SSSR count). The molecule has 2 N–H and O–H groups in total. The van der Waals surface area contributed by atoms with Gasteiger partial charge in [0.1, 0.15) is 0 Å². The highest BCUT2D eigenvalue weighted by molar-refractivity contribution is 4.93. The van der Waals surface area contributed by atoms with Crippen LogP contribution in [0.2, 0.25) is 0 Å². The molecule has 21 heavy (non-hydrogen) atoms. The Morgan fingerprint density at radius 2 is 2.29 bits per heavy atom. The van der Waals surface area contributed by atoms with Crippen molar-refractivity contribution in [1.82, 2.24) is 15.1 Å². The number of aromatic nitrogens is 2. The summed E-state index contributed by atoms with van der Waals surface area (Å²) in [4.78, 5) is 0. The van der Waals surface area contributed by atoms with E-state index in [-0.39, 0.29) is 0 Å². The summed E-state index contributed by atoms with van der Waals surface area (Å²) in [5.74, 6) is 1.27. The van der Waals surface area contributed by atoms with Crippen molar-refractivity contribution in [2.75, 3.05) is 26.3 Å². The first kappa shape index (κ1) is 16.2. The Balaban J connectivity index is 1.49. The van der Waals surface area contributed by atoms with Crippen LogP contribution in [0, 0.1) is 11.8 Å². The van der Waals surface area contributed by atoms with Gasteiger partial charge < -0.3 is 15.2 Å². The van der Waals surface area contributed by atoms with Crippen molar-refractivity contribution in [3.63, 3.8) is 0 Å². The predicted molar refractivity (Wildman–Crippen MR) is 83.0 cm³/mol. The molecule has 0 bridgehead atoms. The fourth-order valence-electron chi connectivity index (χ4n) is 2.55. The van der Waals surface area contributed by atoms with Crippen LogP contribution in [0.15, 0.2) is 30.6 Å². The van der Waals surface area contributed by atoms with Gasteiger partial charge in [-0.2, -0.15) is 5.10 Å². The van der Waals surface area contributed by atoms with Gasteiger partial charge in [-0.05, 0) is 30.7 Å². The molecule has 3 atom stereocenters. The largest absolute Gasteiger partial charge is 0.389 e. The SMILES string of the molecule is CC1CC=CCC1COCC(O)CNCCn1cccn1. The lowest BCUT2D eigenvalue weighted by atomic mass is 9.85. The smallest absolute Gasteiger partial charge is 0.0897 e. The number of hydrogen-bond donors (Lipinski definition) is 2. The highest BCUT2D eigenvalue weighted by Gasteiger charge is 2.18. The third-order valence-electron chi connectivity index (χ3n) is 4.02. The Morgan fingerprint density at radius 1 is 1.43 bits per heavy atom. The van der Waals surface area contributed by atoms with Crippen LogP contribution in [0.25, 0.3) is 0 Å². The van der Waals surface area contributed by atoms with Gasteiger partial charge in [-0.15, -0.1) is 0 Å². The van der Waals surface area contributed by atoms with Gasteiger partial charge in [-0.3, -0.25) is 4.68 Å². The molecule has 1 heterocycles. The summed E-state index contributed by atoms with van der Waals surface area (Å²) in [6.45, 7) is 5.58. The zero-order chi connectivity index (χ0) is 14.9. The molecule has 118 valence electrons. The Bertz CT molecular complexity index is 406. The summed E-state index contributed by atoms with van der Waals surface area (Å²) in [6, 6.07) is 1.91. The van der Waals surface area contributed by atoms with E-state index >= 15 is 0 Å². The van der Waals surface area contributed by atoms with E-state index in [4.69, 9.17) is 4.74 Å². The fraction of sp³-hybridized carbons (Fsp3) is 0.688. The molecule has 0 amide bonds. The molecule has 0 radical (unpaired) electrons. The standard InChI is InChI=1S/C16H27N3O2/c1-14-5-2-3-6-15(14)12-21-13-16(20)11-17-8-10-19-9-4-7-18-19/h2-4,7,9,14-17,20H,5-6,8,10-13H2,1H3. The molecular formula is C16H27N3O2. The summed E-state index contributed by atoms with van der Waals surface area (Å²) in [5.41, 5.74) is 0. The molecule has 1 aliphatic carbocycles. The molecular weight excluding hydrogens is 266 g/mol. The minimum absolute atomic E-state index is 0.404. The first-order valence-corrected chi connectivity index (χ1v) is 7.84. The maximum absolute atomic E-state index is 9.88. The molecule has 0 aromatic carbocycles. The molecule has 0 saturated carbocycles. The van der Waals surface area contributed by atoms with E-state index in [1.807, 2.05) is 16.9 Å². The molecule has 0 fully saturated rings. The van der Waals surface area contributed by atoms with E-state index in [9.17, 15) is 5.11 Å². The van der Waals surface area contributed by atoms with Crippen molar-refractivity contribution in [2.24, 2.45) is 11.8 Å². The number of nitrogens with zero attached hydrogens (tertiary/aromatic N) is 2. The van der Waals surface area contributed by atoms with Crippen molar-refractivity contribution in [3.8, 4) is 0 Å². The Hall–Kier alpha value is -1.17. The fourth-order valence-corrected chi connectivity index (χ4v) is 2.55. The van der Waals surface area contributed by atoms with Crippen molar-refractivity contribution >= 4 is 0 Å². The van der Waals surface area contributed by atoms with Gasteiger partial charge in [0.15, 0.2) is 0 Å². The van der Waals surface area contributed by atoms with E-state index in [0.29, 0.717) is 25.0 Å². The van der Waals surface area contributed by atoms with E-state index in [1.54, 1.807) is 6.20 Å².